The average Bonchev–Trinajstić information content (AvgIpc) is 2.84. The number of benzene rings is 1. The lowest BCUT2D eigenvalue weighted by atomic mass is 10.2. The van der Waals surface area contributed by atoms with Crippen LogP contribution in [0.1, 0.15) is 16.1 Å². The number of hydrogen-bond acceptors (Lipinski definition) is 5. The molecular weight excluding hydrogens is 258 g/mol. The van der Waals surface area contributed by atoms with Crippen molar-refractivity contribution in [2.75, 3.05) is 19.5 Å². The van der Waals surface area contributed by atoms with Gasteiger partial charge in [0.15, 0.2) is 0 Å². The molecule has 0 unspecified atom stereocenters. The van der Waals surface area contributed by atoms with Crippen LogP contribution in [0.5, 0.6) is 5.75 Å². The summed E-state index contributed by atoms with van der Waals surface area (Å²) in [6, 6.07) is 6.75. The van der Waals surface area contributed by atoms with Gasteiger partial charge in [0.05, 0.1) is 13.7 Å². The van der Waals surface area contributed by atoms with Gasteiger partial charge in [-0.15, -0.1) is 0 Å². The fourth-order valence-corrected chi connectivity index (χ4v) is 1.86. The van der Waals surface area contributed by atoms with Crippen molar-refractivity contribution < 1.29 is 14.3 Å². The molecular formula is C14H17N3O3. The zero-order chi connectivity index (χ0) is 14.5. The first-order valence-corrected chi connectivity index (χ1v) is 6.19. The van der Waals surface area contributed by atoms with E-state index in [4.69, 9.17) is 15.2 Å². The number of hydrogen-bond donors (Lipinski definition) is 1. The second-order valence-corrected chi connectivity index (χ2v) is 4.29. The summed E-state index contributed by atoms with van der Waals surface area (Å²) < 4.78 is 12.1. The molecule has 0 aliphatic rings. The summed E-state index contributed by atoms with van der Waals surface area (Å²) in [5.41, 5.74) is 7.49. The van der Waals surface area contributed by atoms with Crippen LogP contribution in [0.3, 0.4) is 0 Å². The van der Waals surface area contributed by atoms with E-state index in [0.717, 1.165) is 5.69 Å². The zero-order valence-corrected chi connectivity index (χ0v) is 11.5. The molecule has 2 rings (SSSR count). The van der Waals surface area contributed by atoms with Crippen molar-refractivity contribution in [1.82, 2.24) is 9.78 Å². The number of ether oxygens (including phenoxy) is 2. The maximum atomic E-state index is 12.0. The number of carbonyl (C=O) groups is 1. The molecule has 6 nitrogen and oxygen atoms in total. The van der Waals surface area contributed by atoms with Crippen LogP contribution in [-0.4, -0.2) is 29.5 Å². The Kier molecular flexibility index (Phi) is 4.24. The third-order valence-corrected chi connectivity index (χ3v) is 2.96. The number of aromatic nitrogens is 2. The van der Waals surface area contributed by atoms with E-state index in [1.807, 2.05) is 13.1 Å². The van der Waals surface area contributed by atoms with E-state index < -0.39 is 5.97 Å². The molecule has 106 valence electrons. The third-order valence-electron chi connectivity index (χ3n) is 2.96. The molecule has 0 saturated heterocycles. The summed E-state index contributed by atoms with van der Waals surface area (Å²) in [5.74, 6) is 0.000974. The Labute approximate surface area is 117 Å². The number of esters is 1. The molecule has 6 heteroatoms. The lowest BCUT2D eigenvalue weighted by molar-refractivity contribution is 0.0504. The molecule has 0 atom stereocenters. The Hall–Kier alpha value is -2.50. The van der Waals surface area contributed by atoms with Gasteiger partial charge < -0.3 is 15.2 Å². The average molecular weight is 275 g/mol. The maximum absolute atomic E-state index is 12.0. The van der Waals surface area contributed by atoms with E-state index in [1.165, 1.54) is 7.11 Å². The fourth-order valence-electron chi connectivity index (χ4n) is 1.86. The van der Waals surface area contributed by atoms with Crippen molar-refractivity contribution in [1.29, 1.82) is 0 Å². The molecule has 2 N–H and O–H groups in total. The molecule has 1 heterocycles. The minimum atomic E-state index is -0.448. The first-order chi connectivity index (χ1) is 9.61. The summed E-state index contributed by atoms with van der Waals surface area (Å²) in [6.07, 6.45) is 2.31. The number of methoxy groups -OCH3 is 1. The van der Waals surface area contributed by atoms with E-state index in [9.17, 15) is 4.79 Å². The molecule has 1 aromatic heterocycles. The zero-order valence-electron chi connectivity index (χ0n) is 11.5. The Morgan fingerprint density at radius 3 is 2.85 bits per heavy atom. The molecule has 0 fully saturated rings. The van der Waals surface area contributed by atoms with E-state index in [2.05, 4.69) is 5.10 Å². The smallest absolute Gasteiger partial charge is 0.342 e. The second kappa shape index (κ2) is 6.10. The Bertz CT molecular complexity index is 607. The minimum Gasteiger partial charge on any atom is -0.496 e. The van der Waals surface area contributed by atoms with Crippen molar-refractivity contribution in [3.63, 3.8) is 0 Å². The van der Waals surface area contributed by atoms with Crippen LogP contribution in [-0.2, 0) is 18.2 Å². The van der Waals surface area contributed by atoms with Crippen LogP contribution in [0.25, 0.3) is 0 Å². The normalized spacial score (nSPS) is 10.3. The van der Waals surface area contributed by atoms with Gasteiger partial charge in [-0.1, -0.05) is 0 Å². The lowest BCUT2D eigenvalue weighted by Gasteiger charge is -2.09. The largest absolute Gasteiger partial charge is 0.496 e. The lowest BCUT2D eigenvalue weighted by Crippen LogP contribution is -2.11. The van der Waals surface area contributed by atoms with E-state index in [0.29, 0.717) is 23.4 Å². The molecule has 1 aromatic carbocycles. The fraction of sp³-hybridized carbons (Fsp3) is 0.286. The van der Waals surface area contributed by atoms with Crippen molar-refractivity contribution >= 4 is 11.7 Å². The quantitative estimate of drug-likeness (QED) is 0.659. The maximum Gasteiger partial charge on any atom is 0.342 e. The van der Waals surface area contributed by atoms with Gasteiger partial charge >= 0.3 is 5.97 Å². The van der Waals surface area contributed by atoms with Crippen molar-refractivity contribution in [2.24, 2.45) is 7.05 Å². The Morgan fingerprint density at radius 2 is 2.20 bits per heavy atom. The van der Waals surface area contributed by atoms with Gasteiger partial charge in [0, 0.05) is 31.0 Å². The van der Waals surface area contributed by atoms with Gasteiger partial charge in [0.25, 0.3) is 0 Å². The standard InChI is InChI=1S/C14H17N3O3/c1-17-11(5-7-16-17)6-8-20-14(18)12-9-10(15)3-4-13(12)19-2/h3-5,7,9H,6,8,15H2,1-2H3. The van der Waals surface area contributed by atoms with Gasteiger partial charge in [-0.3, -0.25) is 4.68 Å². The summed E-state index contributed by atoms with van der Waals surface area (Å²) in [5, 5.41) is 4.05. The summed E-state index contributed by atoms with van der Waals surface area (Å²) >= 11 is 0. The summed E-state index contributed by atoms with van der Waals surface area (Å²) in [4.78, 5) is 12.0. The molecule has 0 aliphatic heterocycles. The Morgan fingerprint density at radius 1 is 1.40 bits per heavy atom. The summed E-state index contributed by atoms with van der Waals surface area (Å²) in [6.45, 7) is 0.274. The number of nitrogens with two attached hydrogens (primary N) is 1. The predicted octanol–water partition coefficient (Wildman–Crippen LogP) is 1.41. The number of nitrogen functional groups attached to an aromatic ring is 1. The number of carbonyl (C=O) groups excluding carboxylic acids is 1. The van der Waals surface area contributed by atoms with Crippen molar-refractivity contribution in [3.05, 3.63) is 41.7 Å². The number of aryl methyl sites for hydroxylation is 1. The first-order valence-electron chi connectivity index (χ1n) is 6.19. The highest BCUT2D eigenvalue weighted by Gasteiger charge is 2.14. The second-order valence-electron chi connectivity index (χ2n) is 4.29. The van der Waals surface area contributed by atoms with Crippen LogP contribution < -0.4 is 10.5 Å². The SMILES string of the molecule is COc1ccc(N)cc1C(=O)OCCc1ccnn1C. The highest BCUT2D eigenvalue weighted by atomic mass is 16.5. The highest BCUT2D eigenvalue weighted by molar-refractivity contribution is 5.93. The number of nitrogens with zero attached hydrogens (tertiary/aromatic N) is 2. The molecule has 0 saturated carbocycles. The summed E-state index contributed by atoms with van der Waals surface area (Å²) in [7, 11) is 3.34. The van der Waals surface area contributed by atoms with Crippen LogP contribution in [0.2, 0.25) is 0 Å². The van der Waals surface area contributed by atoms with Crippen LogP contribution in [0.4, 0.5) is 5.69 Å². The van der Waals surface area contributed by atoms with Crippen LogP contribution in [0.15, 0.2) is 30.5 Å². The van der Waals surface area contributed by atoms with Crippen LogP contribution >= 0.6 is 0 Å². The predicted molar refractivity (Wildman–Crippen MR) is 74.6 cm³/mol. The molecule has 0 bridgehead atoms. The van der Waals surface area contributed by atoms with Gasteiger partial charge in [0.2, 0.25) is 0 Å². The van der Waals surface area contributed by atoms with E-state index in [-0.39, 0.29) is 6.61 Å². The molecule has 0 aliphatic carbocycles. The minimum absolute atomic E-state index is 0.274. The number of anilines is 1. The monoisotopic (exact) mass is 275 g/mol. The molecule has 0 spiro atoms. The number of rotatable bonds is 5. The molecule has 0 amide bonds. The highest BCUT2D eigenvalue weighted by Crippen LogP contribution is 2.21. The topological polar surface area (TPSA) is 79.4 Å². The van der Waals surface area contributed by atoms with Gasteiger partial charge in [-0.05, 0) is 24.3 Å². The van der Waals surface area contributed by atoms with Crippen LogP contribution in [0, 0.1) is 0 Å². The molecule has 0 radical (unpaired) electrons. The molecule has 20 heavy (non-hydrogen) atoms. The van der Waals surface area contributed by atoms with Gasteiger partial charge in [0.1, 0.15) is 11.3 Å². The van der Waals surface area contributed by atoms with Gasteiger partial charge in [-0.2, -0.15) is 5.10 Å². The third kappa shape index (κ3) is 3.09. The first kappa shape index (κ1) is 13.9. The van der Waals surface area contributed by atoms with Crippen molar-refractivity contribution in [3.8, 4) is 5.75 Å². The van der Waals surface area contributed by atoms with Crippen molar-refractivity contribution in [2.45, 2.75) is 6.42 Å². The molecule has 2 aromatic rings. The Balaban J connectivity index is 1.98. The van der Waals surface area contributed by atoms with Gasteiger partial charge in [-0.25, -0.2) is 4.79 Å². The van der Waals surface area contributed by atoms with E-state index >= 15 is 0 Å². The van der Waals surface area contributed by atoms with E-state index in [1.54, 1.807) is 29.1 Å².